The molecule has 3 aromatic carbocycles. The van der Waals surface area contributed by atoms with E-state index in [-0.39, 0.29) is 11.8 Å². The monoisotopic (exact) mass is 379 g/mol. The molecule has 0 aliphatic carbocycles. The Morgan fingerprint density at radius 2 is 1.52 bits per heavy atom. The number of benzene rings is 3. The Labute approximate surface area is 170 Å². The number of para-hydroxylation sites is 3. The summed E-state index contributed by atoms with van der Waals surface area (Å²) in [6.45, 7) is 0. The third-order valence-corrected chi connectivity index (χ3v) is 4.60. The molecule has 29 heavy (non-hydrogen) atoms. The molecule has 1 atom stereocenters. The van der Waals surface area contributed by atoms with E-state index < -0.39 is 0 Å². The smallest absolute Gasteiger partial charge is 0.124 e. The van der Waals surface area contributed by atoms with Gasteiger partial charge in [-0.05, 0) is 42.0 Å². The number of phenolic OH excluding ortho intramolecular Hbond substituents is 1. The maximum absolute atomic E-state index is 9.99. The zero-order valence-electron chi connectivity index (χ0n) is 15.8. The molecule has 0 amide bonds. The van der Waals surface area contributed by atoms with E-state index in [0.29, 0.717) is 5.56 Å². The number of aliphatic imine (C=N–C) groups is 1. The van der Waals surface area contributed by atoms with Crippen LogP contribution in [0.25, 0.3) is 0 Å². The molecule has 0 spiro atoms. The van der Waals surface area contributed by atoms with Crippen molar-refractivity contribution in [2.75, 3.05) is 5.32 Å². The molecule has 0 aliphatic heterocycles. The SMILES string of the molecule is Oc1ccccc1C=Nc1ccccc1N[C@H](c1ccccc1)c1ccccn1. The standard InChI is InChI=1S/C25H21N3O/c29-24-16-7-4-12-20(24)18-27-21-13-5-6-14-22(21)28-25(19-10-2-1-3-11-19)23-15-8-9-17-26-23/h1-18,25,28-29H/t25-/m1/s1. The first kappa shape index (κ1) is 18.4. The Morgan fingerprint density at radius 1 is 0.793 bits per heavy atom. The average molecular weight is 379 g/mol. The van der Waals surface area contributed by atoms with Gasteiger partial charge in [0.25, 0.3) is 0 Å². The second kappa shape index (κ2) is 8.85. The highest BCUT2D eigenvalue weighted by Gasteiger charge is 2.16. The molecule has 142 valence electrons. The molecular formula is C25H21N3O. The van der Waals surface area contributed by atoms with E-state index in [1.807, 2.05) is 72.8 Å². The van der Waals surface area contributed by atoms with Crippen LogP contribution in [0.5, 0.6) is 5.75 Å². The van der Waals surface area contributed by atoms with Crippen molar-refractivity contribution in [3.63, 3.8) is 0 Å². The molecule has 1 heterocycles. The third kappa shape index (κ3) is 4.50. The quantitative estimate of drug-likeness (QED) is 0.420. The van der Waals surface area contributed by atoms with Crippen LogP contribution in [-0.4, -0.2) is 16.3 Å². The summed E-state index contributed by atoms with van der Waals surface area (Å²) in [6.07, 6.45) is 3.48. The van der Waals surface area contributed by atoms with Crippen molar-refractivity contribution in [3.8, 4) is 5.75 Å². The van der Waals surface area contributed by atoms with Gasteiger partial charge >= 0.3 is 0 Å². The van der Waals surface area contributed by atoms with Gasteiger partial charge in [-0.3, -0.25) is 9.98 Å². The van der Waals surface area contributed by atoms with Gasteiger partial charge in [0, 0.05) is 18.0 Å². The lowest BCUT2D eigenvalue weighted by atomic mass is 10.0. The van der Waals surface area contributed by atoms with Crippen LogP contribution in [0.4, 0.5) is 11.4 Å². The minimum atomic E-state index is -0.112. The number of hydrogen-bond donors (Lipinski definition) is 2. The molecule has 0 radical (unpaired) electrons. The van der Waals surface area contributed by atoms with Crippen LogP contribution in [0, 0.1) is 0 Å². The number of aromatic nitrogens is 1. The molecular weight excluding hydrogens is 358 g/mol. The molecule has 4 aromatic rings. The van der Waals surface area contributed by atoms with Crippen molar-refractivity contribution in [3.05, 3.63) is 120 Å². The second-order valence-corrected chi connectivity index (χ2v) is 6.58. The Balaban J connectivity index is 1.68. The molecule has 4 nitrogen and oxygen atoms in total. The number of aromatic hydroxyl groups is 1. The number of anilines is 1. The van der Waals surface area contributed by atoms with Crippen molar-refractivity contribution in [2.24, 2.45) is 4.99 Å². The fraction of sp³-hybridized carbons (Fsp3) is 0.0400. The van der Waals surface area contributed by atoms with Gasteiger partial charge in [0.1, 0.15) is 5.75 Å². The van der Waals surface area contributed by atoms with E-state index in [0.717, 1.165) is 22.6 Å². The fourth-order valence-electron chi connectivity index (χ4n) is 3.12. The van der Waals surface area contributed by atoms with Crippen LogP contribution < -0.4 is 5.32 Å². The summed E-state index contributed by atoms with van der Waals surface area (Å²) in [5, 5.41) is 13.6. The Bertz CT molecular complexity index is 1060. The molecule has 0 aliphatic rings. The van der Waals surface area contributed by atoms with E-state index in [2.05, 4.69) is 27.4 Å². The molecule has 0 unspecified atom stereocenters. The minimum absolute atomic E-state index is 0.112. The topological polar surface area (TPSA) is 57.5 Å². The minimum Gasteiger partial charge on any atom is -0.507 e. The highest BCUT2D eigenvalue weighted by molar-refractivity contribution is 5.86. The second-order valence-electron chi connectivity index (χ2n) is 6.58. The van der Waals surface area contributed by atoms with Gasteiger partial charge in [0.2, 0.25) is 0 Å². The Hall–Kier alpha value is -3.92. The van der Waals surface area contributed by atoms with E-state index in [1.54, 1.807) is 24.5 Å². The van der Waals surface area contributed by atoms with Gasteiger partial charge in [0.05, 0.1) is 23.1 Å². The predicted octanol–water partition coefficient (Wildman–Crippen LogP) is 5.74. The van der Waals surface area contributed by atoms with Gasteiger partial charge in [-0.15, -0.1) is 0 Å². The summed E-state index contributed by atoms with van der Waals surface area (Å²) in [4.78, 5) is 9.16. The maximum Gasteiger partial charge on any atom is 0.124 e. The van der Waals surface area contributed by atoms with Crippen molar-refractivity contribution in [2.45, 2.75) is 6.04 Å². The van der Waals surface area contributed by atoms with Crippen molar-refractivity contribution in [1.82, 2.24) is 4.98 Å². The maximum atomic E-state index is 9.99. The zero-order valence-corrected chi connectivity index (χ0v) is 15.8. The summed E-state index contributed by atoms with van der Waals surface area (Å²) < 4.78 is 0. The van der Waals surface area contributed by atoms with Gasteiger partial charge in [0.15, 0.2) is 0 Å². The molecule has 4 rings (SSSR count). The van der Waals surface area contributed by atoms with Crippen LogP contribution in [0.1, 0.15) is 22.9 Å². The lowest BCUT2D eigenvalue weighted by Gasteiger charge is -2.21. The molecule has 0 saturated heterocycles. The van der Waals surface area contributed by atoms with Gasteiger partial charge in [-0.1, -0.05) is 60.7 Å². The average Bonchev–Trinajstić information content (AvgIpc) is 2.79. The number of phenols is 1. The molecule has 0 saturated carbocycles. The van der Waals surface area contributed by atoms with Crippen molar-refractivity contribution >= 4 is 17.6 Å². The normalized spacial score (nSPS) is 12.0. The first-order chi connectivity index (χ1) is 14.3. The zero-order chi connectivity index (χ0) is 19.9. The first-order valence-corrected chi connectivity index (χ1v) is 9.45. The molecule has 1 aromatic heterocycles. The van der Waals surface area contributed by atoms with Gasteiger partial charge in [-0.25, -0.2) is 0 Å². The van der Waals surface area contributed by atoms with Crippen LogP contribution in [0.15, 0.2) is 108 Å². The third-order valence-electron chi connectivity index (χ3n) is 4.60. The van der Waals surface area contributed by atoms with Crippen molar-refractivity contribution < 1.29 is 5.11 Å². The lowest BCUT2D eigenvalue weighted by Crippen LogP contribution is -2.13. The molecule has 0 bridgehead atoms. The van der Waals surface area contributed by atoms with E-state index in [9.17, 15) is 5.11 Å². The molecule has 2 N–H and O–H groups in total. The predicted molar refractivity (Wildman–Crippen MR) is 118 cm³/mol. The first-order valence-electron chi connectivity index (χ1n) is 9.45. The summed E-state index contributed by atoms with van der Waals surface area (Å²) >= 11 is 0. The number of nitrogens with zero attached hydrogens (tertiary/aromatic N) is 2. The van der Waals surface area contributed by atoms with Crippen LogP contribution in [0.2, 0.25) is 0 Å². The van der Waals surface area contributed by atoms with Crippen LogP contribution in [-0.2, 0) is 0 Å². The molecule has 0 fully saturated rings. The van der Waals surface area contributed by atoms with Crippen molar-refractivity contribution in [1.29, 1.82) is 0 Å². The number of nitrogens with one attached hydrogen (secondary N) is 1. The largest absolute Gasteiger partial charge is 0.507 e. The van der Waals surface area contributed by atoms with E-state index in [4.69, 9.17) is 0 Å². The van der Waals surface area contributed by atoms with E-state index >= 15 is 0 Å². The summed E-state index contributed by atoms with van der Waals surface area (Å²) in [5.41, 5.74) is 4.39. The van der Waals surface area contributed by atoms with Gasteiger partial charge < -0.3 is 10.4 Å². The highest BCUT2D eigenvalue weighted by atomic mass is 16.3. The lowest BCUT2D eigenvalue weighted by molar-refractivity contribution is 0.474. The summed E-state index contributed by atoms with van der Waals surface area (Å²) in [6, 6.07) is 31.0. The number of pyridine rings is 1. The van der Waals surface area contributed by atoms with Crippen LogP contribution >= 0.6 is 0 Å². The number of rotatable bonds is 6. The van der Waals surface area contributed by atoms with Crippen LogP contribution in [0.3, 0.4) is 0 Å². The Kier molecular flexibility index (Phi) is 5.63. The summed E-state index contributed by atoms with van der Waals surface area (Å²) in [5.74, 6) is 0.206. The fourth-order valence-corrected chi connectivity index (χ4v) is 3.12. The molecule has 4 heteroatoms. The number of hydrogen-bond acceptors (Lipinski definition) is 4. The highest BCUT2D eigenvalue weighted by Crippen LogP contribution is 2.31. The summed E-state index contributed by atoms with van der Waals surface area (Å²) in [7, 11) is 0. The van der Waals surface area contributed by atoms with E-state index in [1.165, 1.54) is 0 Å². The Morgan fingerprint density at radius 3 is 2.31 bits per heavy atom. The van der Waals surface area contributed by atoms with Gasteiger partial charge in [-0.2, -0.15) is 0 Å².